The van der Waals surface area contributed by atoms with E-state index in [0.29, 0.717) is 17.1 Å². The molecular formula is C31H37N3O5. The van der Waals surface area contributed by atoms with Crippen LogP contribution in [0.2, 0.25) is 0 Å². The maximum absolute atomic E-state index is 13.3. The van der Waals surface area contributed by atoms with Gasteiger partial charge in [0, 0.05) is 30.4 Å². The van der Waals surface area contributed by atoms with E-state index in [1.54, 1.807) is 24.3 Å². The first-order valence-electron chi connectivity index (χ1n) is 13.6. The zero-order valence-electron chi connectivity index (χ0n) is 22.9. The molecule has 8 nitrogen and oxygen atoms in total. The van der Waals surface area contributed by atoms with Gasteiger partial charge >= 0.3 is 0 Å². The number of carbonyl (C=O) groups is 2. The molecule has 0 unspecified atom stereocenters. The van der Waals surface area contributed by atoms with E-state index in [1.807, 2.05) is 12.1 Å². The summed E-state index contributed by atoms with van der Waals surface area (Å²) in [5.41, 5.74) is 3.09. The fourth-order valence-electron chi connectivity index (χ4n) is 4.32. The van der Waals surface area contributed by atoms with E-state index in [9.17, 15) is 19.7 Å². The summed E-state index contributed by atoms with van der Waals surface area (Å²) in [6.07, 6.45) is 8.52. The molecular weight excluding hydrogens is 494 g/mol. The maximum atomic E-state index is 13.3. The third-order valence-electron chi connectivity index (χ3n) is 6.32. The van der Waals surface area contributed by atoms with E-state index < -0.39 is 10.8 Å². The second kappa shape index (κ2) is 14.7. The number of rotatable bonds is 14. The van der Waals surface area contributed by atoms with Crippen molar-refractivity contribution in [2.24, 2.45) is 0 Å². The lowest BCUT2D eigenvalue weighted by Gasteiger charge is -2.16. The molecule has 0 saturated carbocycles. The Labute approximate surface area is 229 Å². The molecule has 0 heterocycles. The fourth-order valence-corrected chi connectivity index (χ4v) is 4.32. The standard InChI is InChI=1S/C31H37N3O5/c1-4-6-8-11-23-15-17-29(24(19-23)12-9-7-5-2)39-30-18-16-27(34(37)38)21-28(30)31(36)33-26-14-10-13-25(20-26)32-22(3)35/h10,13-21H,4-9,11-12H2,1-3H3,(H,32,35)(H,33,36). The lowest BCUT2D eigenvalue weighted by molar-refractivity contribution is -0.384. The number of unbranched alkanes of at least 4 members (excludes halogenated alkanes) is 4. The molecule has 0 radical (unpaired) electrons. The van der Waals surface area contributed by atoms with Gasteiger partial charge in [0.05, 0.1) is 10.5 Å². The Hall–Kier alpha value is -4.20. The number of ether oxygens (including phenoxy) is 1. The largest absolute Gasteiger partial charge is 0.456 e. The van der Waals surface area contributed by atoms with Gasteiger partial charge in [0.1, 0.15) is 11.5 Å². The number of nitro benzene ring substituents is 1. The zero-order chi connectivity index (χ0) is 28.2. The number of nitrogens with one attached hydrogen (secondary N) is 2. The van der Waals surface area contributed by atoms with Crippen LogP contribution in [-0.2, 0) is 17.6 Å². The van der Waals surface area contributed by atoms with Crippen LogP contribution in [0.1, 0.15) is 80.8 Å². The number of hydrogen-bond donors (Lipinski definition) is 2. The maximum Gasteiger partial charge on any atom is 0.270 e. The van der Waals surface area contributed by atoms with Crippen LogP contribution in [-0.4, -0.2) is 16.7 Å². The Morgan fingerprint density at radius 3 is 2.15 bits per heavy atom. The predicted molar refractivity (Wildman–Crippen MR) is 155 cm³/mol. The van der Waals surface area contributed by atoms with Gasteiger partial charge in [0.15, 0.2) is 0 Å². The molecule has 0 bridgehead atoms. The number of hydrogen-bond acceptors (Lipinski definition) is 5. The molecule has 0 fully saturated rings. The normalized spacial score (nSPS) is 10.6. The van der Waals surface area contributed by atoms with Crippen LogP contribution in [0.15, 0.2) is 60.7 Å². The Bertz CT molecular complexity index is 1310. The lowest BCUT2D eigenvalue weighted by Crippen LogP contribution is -2.14. The van der Waals surface area contributed by atoms with Gasteiger partial charge in [-0.05, 0) is 67.1 Å². The van der Waals surface area contributed by atoms with Crippen molar-refractivity contribution in [2.75, 3.05) is 10.6 Å². The third-order valence-corrected chi connectivity index (χ3v) is 6.32. The summed E-state index contributed by atoms with van der Waals surface area (Å²) >= 11 is 0. The molecule has 3 rings (SSSR count). The van der Waals surface area contributed by atoms with E-state index in [-0.39, 0.29) is 22.9 Å². The van der Waals surface area contributed by atoms with Gasteiger partial charge in [-0.25, -0.2) is 0 Å². The first-order valence-corrected chi connectivity index (χ1v) is 13.6. The molecule has 3 aromatic rings. The van der Waals surface area contributed by atoms with Crippen LogP contribution < -0.4 is 15.4 Å². The summed E-state index contributed by atoms with van der Waals surface area (Å²) in [6.45, 7) is 5.74. The van der Waals surface area contributed by atoms with Crippen LogP contribution in [0.4, 0.5) is 17.1 Å². The molecule has 0 aliphatic rings. The van der Waals surface area contributed by atoms with Crippen LogP contribution in [0.25, 0.3) is 0 Å². The molecule has 206 valence electrons. The summed E-state index contributed by atoms with van der Waals surface area (Å²) in [4.78, 5) is 35.7. The Kier molecular flexibility index (Phi) is 11.0. The highest BCUT2D eigenvalue weighted by atomic mass is 16.6. The minimum atomic E-state index is -0.558. The summed E-state index contributed by atoms with van der Waals surface area (Å²) in [7, 11) is 0. The van der Waals surface area contributed by atoms with Crippen molar-refractivity contribution in [3.63, 3.8) is 0 Å². The zero-order valence-corrected chi connectivity index (χ0v) is 22.9. The van der Waals surface area contributed by atoms with Gasteiger partial charge in [-0.2, -0.15) is 0 Å². The molecule has 2 amide bonds. The molecule has 2 N–H and O–H groups in total. The molecule has 3 aromatic carbocycles. The Morgan fingerprint density at radius 2 is 1.49 bits per heavy atom. The van der Waals surface area contributed by atoms with Crippen LogP contribution in [0, 0.1) is 10.1 Å². The monoisotopic (exact) mass is 531 g/mol. The second-order valence-electron chi connectivity index (χ2n) is 9.61. The summed E-state index contributed by atoms with van der Waals surface area (Å²) in [5, 5.41) is 16.9. The molecule has 0 aliphatic heterocycles. The minimum Gasteiger partial charge on any atom is -0.456 e. The van der Waals surface area contributed by atoms with E-state index in [0.717, 1.165) is 50.5 Å². The van der Waals surface area contributed by atoms with Crippen LogP contribution >= 0.6 is 0 Å². The SMILES string of the molecule is CCCCCc1ccc(Oc2ccc([N+](=O)[O-])cc2C(=O)Nc2cccc(NC(C)=O)c2)c(CCCCC)c1. The average Bonchev–Trinajstić information content (AvgIpc) is 2.90. The number of nitrogens with zero attached hydrogens (tertiary/aromatic N) is 1. The van der Waals surface area contributed by atoms with Crippen molar-refractivity contribution in [1.29, 1.82) is 0 Å². The summed E-state index contributed by atoms with van der Waals surface area (Å²) in [6, 6.07) is 16.9. The van der Waals surface area contributed by atoms with Crippen molar-refractivity contribution in [2.45, 2.75) is 72.1 Å². The smallest absolute Gasteiger partial charge is 0.270 e. The Morgan fingerprint density at radius 1 is 0.821 bits per heavy atom. The number of anilines is 2. The highest BCUT2D eigenvalue weighted by Gasteiger charge is 2.20. The quantitative estimate of drug-likeness (QED) is 0.124. The van der Waals surface area contributed by atoms with Crippen LogP contribution in [0.5, 0.6) is 11.5 Å². The molecule has 0 atom stereocenters. The molecule has 0 aromatic heterocycles. The summed E-state index contributed by atoms with van der Waals surface area (Å²) in [5.74, 6) is 0.0730. The summed E-state index contributed by atoms with van der Waals surface area (Å²) < 4.78 is 6.28. The van der Waals surface area contributed by atoms with Crippen molar-refractivity contribution in [3.05, 3.63) is 87.5 Å². The molecule has 0 spiro atoms. The third kappa shape index (κ3) is 8.95. The minimum absolute atomic E-state index is 0.0423. The second-order valence-corrected chi connectivity index (χ2v) is 9.61. The number of aryl methyl sites for hydroxylation is 2. The molecule has 0 saturated heterocycles. The van der Waals surface area contributed by atoms with Gasteiger partial charge in [-0.1, -0.05) is 57.7 Å². The van der Waals surface area contributed by atoms with Crippen molar-refractivity contribution in [1.82, 2.24) is 0 Å². The highest BCUT2D eigenvalue weighted by Crippen LogP contribution is 2.33. The highest BCUT2D eigenvalue weighted by molar-refractivity contribution is 6.07. The topological polar surface area (TPSA) is 111 Å². The van der Waals surface area contributed by atoms with Gasteiger partial charge in [-0.15, -0.1) is 0 Å². The van der Waals surface area contributed by atoms with Gasteiger partial charge < -0.3 is 15.4 Å². The number of non-ortho nitro benzene ring substituents is 1. The van der Waals surface area contributed by atoms with E-state index >= 15 is 0 Å². The van der Waals surface area contributed by atoms with Crippen molar-refractivity contribution < 1.29 is 19.2 Å². The van der Waals surface area contributed by atoms with Gasteiger partial charge in [0.2, 0.25) is 5.91 Å². The lowest BCUT2D eigenvalue weighted by atomic mass is 10.00. The van der Waals surface area contributed by atoms with Crippen molar-refractivity contribution in [3.8, 4) is 11.5 Å². The number of benzene rings is 3. The molecule has 0 aliphatic carbocycles. The van der Waals surface area contributed by atoms with E-state index in [2.05, 4.69) is 30.5 Å². The van der Waals surface area contributed by atoms with Crippen molar-refractivity contribution >= 4 is 28.9 Å². The van der Waals surface area contributed by atoms with E-state index in [1.165, 1.54) is 37.1 Å². The average molecular weight is 532 g/mol. The number of carbonyl (C=O) groups excluding carboxylic acids is 2. The predicted octanol–water partition coefficient (Wildman–Crippen LogP) is 8.06. The number of nitro groups is 1. The number of amides is 2. The molecule has 8 heteroatoms. The first-order chi connectivity index (χ1) is 18.8. The first kappa shape index (κ1) is 29.4. The Balaban J connectivity index is 1.92. The van der Waals surface area contributed by atoms with Crippen LogP contribution in [0.3, 0.4) is 0 Å². The van der Waals surface area contributed by atoms with Gasteiger partial charge in [0.25, 0.3) is 11.6 Å². The van der Waals surface area contributed by atoms with Gasteiger partial charge in [-0.3, -0.25) is 19.7 Å². The fraction of sp³-hybridized carbons (Fsp3) is 0.355. The van der Waals surface area contributed by atoms with E-state index in [4.69, 9.17) is 4.74 Å². The molecule has 39 heavy (non-hydrogen) atoms.